The number of aromatic nitrogens is 5. The summed E-state index contributed by atoms with van der Waals surface area (Å²) >= 11 is 0. The molecule has 3 rings (SSSR count). The average molecular weight is 388 g/mol. The summed E-state index contributed by atoms with van der Waals surface area (Å²) in [7, 11) is 0. The van der Waals surface area contributed by atoms with Crippen molar-refractivity contribution in [2.24, 2.45) is 0 Å². The number of aryl methyl sites for hydroxylation is 1. The number of halogens is 3. The molecule has 0 fully saturated rings. The molecule has 0 amide bonds. The largest absolute Gasteiger partial charge is 0.416 e. The first-order valence-corrected chi connectivity index (χ1v) is 8.69. The SMILES string of the molecule is CCC=CCn1cc(-c2cc(C)cc(Nc3cc(C(F)(F)F)ccn3)n2)nn1. The van der Waals surface area contributed by atoms with E-state index in [-0.39, 0.29) is 5.82 Å². The quantitative estimate of drug-likeness (QED) is 0.616. The predicted octanol–water partition coefficient (Wildman–Crippen LogP) is 4.77. The molecule has 0 bridgehead atoms. The molecule has 0 aromatic carbocycles. The summed E-state index contributed by atoms with van der Waals surface area (Å²) in [5.74, 6) is 0.439. The normalized spacial score (nSPS) is 11.9. The zero-order chi connectivity index (χ0) is 20.1. The minimum atomic E-state index is -4.44. The highest BCUT2D eigenvalue weighted by Crippen LogP contribution is 2.30. The van der Waals surface area contributed by atoms with Crippen LogP contribution in [0.25, 0.3) is 11.4 Å². The lowest BCUT2D eigenvalue weighted by atomic mass is 10.2. The number of anilines is 2. The molecule has 6 nitrogen and oxygen atoms in total. The molecule has 3 aromatic rings. The molecule has 0 saturated carbocycles. The van der Waals surface area contributed by atoms with E-state index in [1.54, 1.807) is 16.9 Å². The molecular formula is C19H19F3N6. The van der Waals surface area contributed by atoms with Crippen LogP contribution < -0.4 is 5.32 Å². The van der Waals surface area contributed by atoms with Gasteiger partial charge in [0.2, 0.25) is 0 Å². The van der Waals surface area contributed by atoms with Gasteiger partial charge in [-0.05, 0) is 43.2 Å². The van der Waals surface area contributed by atoms with Crippen LogP contribution in [-0.4, -0.2) is 25.0 Å². The topological polar surface area (TPSA) is 68.5 Å². The Hall–Kier alpha value is -3.23. The molecule has 0 saturated heterocycles. The molecule has 3 aromatic heterocycles. The summed E-state index contributed by atoms with van der Waals surface area (Å²) in [5.41, 5.74) is 1.25. The molecule has 28 heavy (non-hydrogen) atoms. The molecule has 0 aliphatic rings. The number of alkyl halides is 3. The van der Waals surface area contributed by atoms with E-state index in [0.717, 1.165) is 30.3 Å². The van der Waals surface area contributed by atoms with Crippen molar-refractivity contribution >= 4 is 11.6 Å². The summed E-state index contributed by atoms with van der Waals surface area (Å²) in [4.78, 5) is 8.37. The van der Waals surface area contributed by atoms with E-state index < -0.39 is 11.7 Å². The van der Waals surface area contributed by atoms with Crippen molar-refractivity contribution in [1.82, 2.24) is 25.0 Å². The monoisotopic (exact) mass is 388 g/mol. The van der Waals surface area contributed by atoms with Crippen LogP contribution in [0.3, 0.4) is 0 Å². The molecule has 9 heteroatoms. The van der Waals surface area contributed by atoms with Crippen molar-refractivity contribution in [3.8, 4) is 11.4 Å². The highest BCUT2D eigenvalue weighted by Gasteiger charge is 2.30. The molecule has 0 aliphatic heterocycles. The van der Waals surface area contributed by atoms with Crippen LogP contribution in [0, 0.1) is 6.92 Å². The van der Waals surface area contributed by atoms with Gasteiger partial charge in [-0.15, -0.1) is 5.10 Å². The van der Waals surface area contributed by atoms with Gasteiger partial charge < -0.3 is 5.32 Å². The fourth-order valence-corrected chi connectivity index (χ4v) is 2.52. The van der Waals surface area contributed by atoms with E-state index in [2.05, 4.69) is 25.6 Å². The van der Waals surface area contributed by atoms with Crippen LogP contribution in [-0.2, 0) is 12.7 Å². The number of pyridine rings is 2. The molecule has 0 aliphatic carbocycles. The van der Waals surface area contributed by atoms with E-state index in [1.807, 2.05) is 32.1 Å². The summed E-state index contributed by atoms with van der Waals surface area (Å²) in [6.07, 6.45) is 3.42. The molecule has 0 atom stereocenters. The van der Waals surface area contributed by atoms with E-state index in [0.29, 0.717) is 23.8 Å². The smallest absolute Gasteiger partial charge is 0.325 e. The second-order valence-electron chi connectivity index (χ2n) is 6.17. The van der Waals surface area contributed by atoms with Crippen molar-refractivity contribution in [3.05, 3.63) is 59.9 Å². The Kier molecular flexibility index (Phi) is 5.72. The maximum absolute atomic E-state index is 12.9. The Morgan fingerprint density at radius 3 is 2.68 bits per heavy atom. The summed E-state index contributed by atoms with van der Waals surface area (Å²) in [6, 6.07) is 5.42. The Bertz CT molecular complexity index is 978. The lowest BCUT2D eigenvalue weighted by Gasteiger charge is -2.10. The second kappa shape index (κ2) is 8.20. The van der Waals surface area contributed by atoms with Gasteiger partial charge in [-0.2, -0.15) is 13.2 Å². The first kappa shape index (κ1) is 19.5. The minimum absolute atomic E-state index is 0.0623. The number of hydrogen-bond donors (Lipinski definition) is 1. The number of rotatable bonds is 6. The van der Waals surface area contributed by atoms with Crippen molar-refractivity contribution in [2.45, 2.75) is 33.0 Å². The van der Waals surface area contributed by atoms with Crippen LogP contribution in [0.1, 0.15) is 24.5 Å². The van der Waals surface area contributed by atoms with Crippen LogP contribution in [0.4, 0.5) is 24.8 Å². The molecule has 0 spiro atoms. The van der Waals surface area contributed by atoms with Crippen molar-refractivity contribution in [3.63, 3.8) is 0 Å². The van der Waals surface area contributed by atoms with Crippen LogP contribution in [0.15, 0.2) is 48.8 Å². The third-order valence-electron chi connectivity index (χ3n) is 3.81. The van der Waals surface area contributed by atoms with E-state index in [4.69, 9.17) is 0 Å². The fourth-order valence-electron chi connectivity index (χ4n) is 2.52. The highest BCUT2D eigenvalue weighted by molar-refractivity contribution is 5.61. The maximum Gasteiger partial charge on any atom is 0.416 e. The Morgan fingerprint density at radius 2 is 1.93 bits per heavy atom. The molecular weight excluding hydrogens is 369 g/mol. The van der Waals surface area contributed by atoms with Crippen molar-refractivity contribution < 1.29 is 13.2 Å². The Labute approximate surface area is 160 Å². The Balaban J connectivity index is 1.83. The van der Waals surface area contributed by atoms with E-state index in [9.17, 15) is 13.2 Å². The van der Waals surface area contributed by atoms with E-state index >= 15 is 0 Å². The fraction of sp³-hybridized carbons (Fsp3) is 0.263. The predicted molar refractivity (Wildman–Crippen MR) is 99.9 cm³/mol. The summed E-state index contributed by atoms with van der Waals surface area (Å²) in [5, 5.41) is 11.0. The van der Waals surface area contributed by atoms with Gasteiger partial charge in [-0.3, -0.25) is 0 Å². The van der Waals surface area contributed by atoms with Crippen LogP contribution in [0.2, 0.25) is 0 Å². The van der Waals surface area contributed by atoms with Crippen LogP contribution in [0.5, 0.6) is 0 Å². The standard InChI is InChI=1S/C19H19F3N6/c1-3-4-5-8-28-12-16(26-27-28)15-9-13(2)10-18(24-15)25-17-11-14(6-7-23-17)19(20,21)22/h4-7,9-12H,3,8H2,1-2H3,(H,23,24,25). The zero-order valence-electron chi connectivity index (χ0n) is 15.4. The van der Waals surface area contributed by atoms with Crippen molar-refractivity contribution in [2.75, 3.05) is 5.32 Å². The van der Waals surface area contributed by atoms with Gasteiger partial charge >= 0.3 is 6.18 Å². The third-order valence-corrected chi connectivity index (χ3v) is 3.81. The molecule has 146 valence electrons. The first-order chi connectivity index (χ1) is 13.3. The van der Waals surface area contributed by atoms with Crippen molar-refractivity contribution in [1.29, 1.82) is 0 Å². The number of nitrogens with one attached hydrogen (secondary N) is 1. The lowest BCUT2D eigenvalue weighted by Crippen LogP contribution is -2.06. The lowest BCUT2D eigenvalue weighted by molar-refractivity contribution is -0.137. The summed E-state index contributed by atoms with van der Waals surface area (Å²) < 4.78 is 40.3. The molecule has 3 heterocycles. The van der Waals surface area contributed by atoms with Gasteiger partial charge in [0.05, 0.1) is 24.0 Å². The van der Waals surface area contributed by atoms with Gasteiger partial charge in [0.25, 0.3) is 0 Å². The number of allylic oxidation sites excluding steroid dienone is 2. The van der Waals surface area contributed by atoms with E-state index in [1.165, 1.54) is 0 Å². The molecule has 0 radical (unpaired) electrons. The van der Waals surface area contributed by atoms with Gasteiger partial charge in [0.15, 0.2) is 0 Å². The highest BCUT2D eigenvalue weighted by atomic mass is 19.4. The first-order valence-electron chi connectivity index (χ1n) is 8.69. The average Bonchev–Trinajstić information content (AvgIpc) is 3.10. The molecule has 1 N–H and O–H groups in total. The van der Waals surface area contributed by atoms with Gasteiger partial charge in [0.1, 0.15) is 17.3 Å². The van der Waals surface area contributed by atoms with Gasteiger partial charge in [-0.25, -0.2) is 14.6 Å². The van der Waals surface area contributed by atoms with Gasteiger partial charge in [-0.1, -0.05) is 24.3 Å². The minimum Gasteiger partial charge on any atom is -0.325 e. The van der Waals surface area contributed by atoms with Crippen LogP contribution >= 0.6 is 0 Å². The number of hydrogen-bond acceptors (Lipinski definition) is 5. The molecule has 0 unspecified atom stereocenters. The zero-order valence-corrected chi connectivity index (χ0v) is 15.4. The van der Waals surface area contributed by atoms with Gasteiger partial charge in [0, 0.05) is 6.20 Å². The third kappa shape index (κ3) is 4.93. The second-order valence-corrected chi connectivity index (χ2v) is 6.17. The number of nitrogens with zero attached hydrogens (tertiary/aromatic N) is 5. The summed E-state index contributed by atoms with van der Waals surface area (Å²) in [6.45, 7) is 4.52. The Morgan fingerprint density at radius 1 is 1.11 bits per heavy atom. The maximum atomic E-state index is 12.9.